The number of pyridine rings is 1. The molecule has 84 valence electrons. The highest BCUT2D eigenvalue weighted by Gasteiger charge is 2.07. The van der Waals surface area contributed by atoms with Crippen LogP contribution in [0.25, 0.3) is 0 Å². The van der Waals surface area contributed by atoms with Crippen molar-refractivity contribution in [2.75, 3.05) is 11.9 Å². The first kappa shape index (κ1) is 11.5. The van der Waals surface area contributed by atoms with Crippen molar-refractivity contribution in [2.24, 2.45) is 0 Å². The van der Waals surface area contributed by atoms with E-state index in [9.17, 15) is 0 Å². The van der Waals surface area contributed by atoms with Crippen molar-refractivity contribution in [3.05, 3.63) is 39.5 Å². The molecule has 0 aliphatic rings. The highest BCUT2D eigenvalue weighted by Crippen LogP contribution is 2.19. The summed E-state index contributed by atoms with van der Waals surface area (Å²) in [5.74, 6) is 0.416. The summed E-state index contributed by atoms with van der Waals surface area (Å²) in [5.41, 5.74) is 1.03. The highest BCUT2D eigenvalue weighted by atomic mass is 79.9. The minimum absolute atomic E-state index is 0.416. The van der Waals surface area contributed by atoms with Crippen LogP contribution in [0.1, 0.15) is 17.8 Å². The summed E-state index contributed by atoms with van der Waals surface area (Å²) in [6.45, 7) is 3.03. The topological polar surface area (TPSA) is 37.8 Å². The normalized spacial score (nSPS) is 12.4. The van der Waals surface area contributed by atoms with Gasteiger partial charge in [0.2, 0.25) is 0 Å². The highest BCUT2D eigenvalue weighted by molar-refractivity contribution is 9.10. The van der Waals surface area contributed by atoms with Crippen LogP contribution in [0.5, 0.6) is 0 Å². The average Bonchev–Trinajstić information content (AvgIpc) is 2.79. The van der Waals surface area contributed by atoms with E-state index in [4.69, 9.17) is 0 Å². The second-order valence-corrected chi connectivity index (χ2v) is 5.39. The smallest absolute Gasteiger partial charge is 0.0970 e. The zero-order valence-electron chi connectivity index (χ0n) is 8.85. The van der Waals surface area contributed by atoms with Crippen molar-refractivity contribution >= 4 is 33.0 Å². The number of nitrogens with zero attached hydrogens (tertiary/aromatic N) is 2. The molecule has 0 aliphatic heterocycles. The van der Waals surface area contributed by atoms with Crippen LogP contribution in [0.4, 0.5) is 5.69 Å². The Labute approximate surface area is 107 Å². The lowest BCUT2D eigenvalue weighted by Gasteiger charge is -2.10. The third-order valence-corrected chi connectivity index (χ3v) is 3.63. The molecular formula is C11H12BrN3S. The predicted octanol–water partition coefficient (Wildman–Crippen LogP) is 3.52. The van der Waals surface area contributed by atoms with E-state index in [1.54, 1.807) is 17.5 Å². The van der Waals surface area contributed by atoms with E-state index in [0.717, 1.165) is 21.7 Å². The maximum absolute atomic E-state index is 4.30. The molecule has 1 N–H and O–H groups in total. The van der Waals surface area contributed by atoms with Crippen molar-refractivity contribution in [2.45, 2.75) is 12.8 Å². The fraction of sp³-hybridized carbons (Fsp3) is 0.273. The minimum atomic E-state index is 0.416. The maximum Gasteiger partial charge on any atom is 0.0970 e. The van der Waals surface area contributed by atoms with E-state index in [-0.39, 0.29) is 0 Å². The molecule has 0 radical (unpaired) electrons. The molecule has 16 heavy (non-hydrogen) atoms. The first-order valence-electron chi connectivity index (χ1n) is 4.99. The van der Waals surface area contributed by atoms with Gasteiger partial charge in [0.05, 0.1) is 16.9 Å². The van der Waals surface area contributed by atoms with Gasteiger partial charge in [-0.2, -0.15) is 0 Å². The number of hydrogen-bond donors (Lipinski definition) is 1. The molecule has 1 unspecified atom stereocenters. The molecule has 5 heteroatoms. The van der Waals surface area contributed by atoms with E-state index < -0.39 is 0 Å². The van der Waals surface area contributed by atoms with Crippen molar-refractivity contribution in [1.82, 2.24) is 9.97 Å². The summed E-state index contributed by atoms with van der Waals surface area (Å²) in [4.78, 5) is 8.40. The number of halogens is 1. The zero-order chi connectivity index (χ0) is 11.4. The van der Waals surface area contributed by atoms with Crippen LogP contribution in [0.3, 0.4) is 0 Å². The molecule has 0 bridgehead atoms. The maximum atomic E-state index is 4.30. The molecule has 2 rings (SSSR count). The molecule has 0 spiro atoms. The fourth-order valence-electron chi connectivity index (χ4n) is 1.34. The van der Waals surface area contributed by atoms with Gasteiger partial charge in [0.25, 0.3) is 0 Å². The Bertz CT molecular complexity index is 444. The fourth-order valence-corrected chi connectivity index (χ4v) is 2.41. The van der Waals surface area contributed by atoms with Gasteiger partial charge < -0.3 is 5.32 Å². The Morgan fingerprint density at radius 1 is 1.50 bits per heavy atom. The number of nitrogens with one attached hydrogen (secondary N) is 1. The summed E-state index contributed by atoms with van der Waals surface area (Å²) in [7, 11) is 0. The van der Waals surface area contributed by atoms with E-state index in [1.807, 2.05) is 23.8 Å². The lowest BCUT2D eigenvalue weighted by atomic mass is 10.2. The molecule has 0 saturated heterocycles. The van der Waals surface area contributed by atoms with Crippen LogP contribution in [0, 0.1) is 0 Å². The Kier molecular flexibility index (Phi) is 3.90. The molecule has 3 nitrogen and oxygen atoms in total. The first-order valence-corrected chi connectivity index (χ1v) is 6.67. The molecule has 0 aromatic carbocycles. The quantitative estimate of drug-likeness (QED) is 0.938. The van der Waals surface area contributed by atoms with Gasteiger partial charge in [-0.3, -0.25) is 4.98 Å². The van der Waals surface area contributed by atoms with Crippen LogP contribution < -0.4 is 5.32 Å². The van der Waals surface area contributed by atoms with E-state index in [0.29, 0.717) is 5.92 Å². The van der Waals surface area contributed by atoms with Gasteiger partial charge >= 0.3 is 0 Å². The van der Waals surface area contributed by atoms with Crippen molar-refractivity contribution in [1.29, 1.82) is 0 Å². The van der Waals surface area contributed by atoms with E-state index in [2.05, 4.69) is 38.1 Å². The molecule has 0 amide bonds. The molecule has 2 aromatic rings. The van der Waals surface area contributed by atoms with Crippen LogP contribution in [-0.4, -0.2) is 16.5 Å². The number of hydrogen-bond acceptors (Lipinski definition) is 4. The third kappa shape index (κ3) is 3.02. The first-order chi connectivity index (χ1) is 7.75. The van der Waals surface area contributed by atoms with E-state index in [1.165, 1.54) is 0 Å². The van der Waals surface area contributed by atoms with Gasteiger partial charge in [-0.05, 0) is 22.0 Å². The lowest BCUT2D eigenvalue weighted by Crippen LogP contribution is -2.09. The summed E-state index contributed by atoms with van der Waals surface area (Å²) < 4.78 is 0.986. The monoisotopic (exact) mass is 297 g/mol. The minimum Gasteiger partial charge on any atom is -0.383 e. The van der Waals surface area contributed by atoms with Crippen molar-refractivity contribution < 1.29 is 0 Å². The second kappa shape index (κ2) is 5.41. The molecule has 0 saturated carbocycles. The lowest BCUT2D eigenvalue weighted by molar-refractivity contribution is 0.794. The zero-order valence-corrected chi connectivity index (χ0v) is 11.3. The van der Waals surface area contributed by atoms with Crippen LogP contribution in [0.2, 0.25) is 0 Å². The standard InChI is InChI=1S/C11H12BrN3S/c1-8(11-14-2-3-16-11)5-15-10-4-9(12)6-13-7-10/h2-4,6-8,15H,5H2,1H3. The molecule has 0 fully saturated rings. The largest absolute Gasteiger partial charge is 0.383 e. The Morgan fingerprint density at radius 2 is 2.38 bits per heavy atom. The van der Waals surface area contributed by atoms with Gasteiger partial charge in [-0.25, -0.2) is 4.98 Å². The summed E-state index contributed by atoms with van der Waals surface area (Å²) in [6.07, 6.45) is 5.44. The Hall–Kier alpha value is -0.940. The molecule has 0 aliphatic carbocycles. The summed E-state index contributed by atoms with van der Waals surface area (Å²) in [6, 6.07) is 2.02. The molecule has 2 aromatic heterocycles. The SMILES string of the molecule is CC(CNc1cncc(Br)c1)c1nccs1. The second-order valence-electron chi connectivity index (χ2n) is 3.54. The Balaban J connectivity index is 1.92. The Morgan fingerprint density at radius 3 is 3.06 bits per heavy atom. The van der Waals surface area contributed by atoms with Crippen LogP contribution >= 0.6 is 27.3 Å². The van der Waals surface area contributed by atoms with Crippen molar-refractivity contribution in [3.63, 3.8) is 0 Å². The van der Waals surface area contributed by atoms with Gasteiger partial charge in [0, 0.05) is 34.7 Å². The van der Waals surface area contributed by atoms with Gasteiger partial charge in [0.1, 0.15) is 0 Å². The van der Waals surface area contributed by atoms with E-state index >= 15 is 0 Å². The van der Waals surface area contributed by atoms with Gasteiger partial charge in [-0.15, -0.1) is 11.3 Å². The average molecular weight is 298 g/mol. The molecular weight excluding hydrogens is 286 g/mol. The number of rotatable bonds is 4. The predicted molar refractivity (Wildman–Crippen MR) is 71.0 cm³/mol. The summed E-state index contributed by atoms with van der Waals surface area (Å²) in [5, 5.41) is 6.52. The van der Waals surface area contributed by atoms with Gasteiger partial charge in [-0.1, -0.05) is 6.92 Å². The van der Waals surface area contributed by atoms with Crippen molar-refractivity contribution in [3.8, 4) is 0 Å². The molecule has 1 atom stereocenters. The molecule has 2 heterocycles. The third-order valence-electron chi connectivity index (χ3n) is 2.19. The van der Waals surface area contributed by atoms with Gasteiger partial charge in [0.15, 0.2) is 0 Å². The van der Waals surface area contributed by atoms with Crippen LogP contribution in [-0.2, 0) is 0 Å². The number of thiazole rings is 1. The summed E-state index contributed by atoms with van der Waals surface area (Å²) >= 11 is 5.09. The van der Waals surface area contributed by atoms with Crippen LogP contribution in [0.15, 0.2) is 34.5 Å². The number of aromatic nitrogens is 2. The number of anilines is 1.